The number of aromatic nitrogens is 6. The fourth-order valence-corrected chi connectivity index (χ4v) is 4.54. The summed E-state index contributed by atoms with van der Waals surface area (Å²) in [4.78, 5) is 22.3. The maximum absolute atomic E-state index is 12.1. The first-order chi connectivity index (χ1) is 16.5. The lowest BCUT2D eigenvalue weighted by Gasteiger charge is -2.17. The van der Waals surface area contributed by atoms with Crippen molar-refractivity contribution < 1.29 is 9.53 Å². The lowest BCUT2D eigenvalue weighted by atomic mass is 10.1. The Kier molecular flexibility index (Phi) is 5.79. The van der Waals surface area contributed by atoms with Gasteiger partial charge in [-0.05, 0) is 31.6 Å². The number of amides is 1. The van der Waals surface area contributed by atoms with Gasteiger partial charge in [0.25, 0.3) is 0 Å². The Morgan fingerprint density at radius 3 is 2.88 bits per heavy atom. The molecule has 0 bridgehead atoms. The van der Waals surface area contributed by atoms with E-state index in [0.717, 1.165) is 28.9 Å². The van der Waals surface area contributed by atoms with Crippen LogP contribution in [0.4, 0.5) is 0 Å². The molecule has 0 fully saturated rings. The topological polar surface area (TPSA) is 90.4 Å². The summed E-state index contributed by atoms with van der Waals surface area (Å²) in [5.41, 5.74) is 5.29. The van der Waals surface area contributed by atoms with Crippen molar-refractivity contribution in [3.63, 3.8) is 0 Å². The number of carbonyl (C=O) groups is 1. The Labute approximate surface area is 201 Å². The molecule has 1 aliphatic heterocycles. The van der Waals surface area contributed by atoms with Gasteiger partial charge in [0.2, 0.25) is 5.91 Å². The van der Waals surface area contributed by atoms with Crippen molar-refractivity contribution in [2.24, 2.45) is 0 Å². The number of ether oxygens (including phenoxy) is 1. The van der Waals surface area contributed by atoms with Gasteiger partial charge in [-0.15, -0.1) is 0 Å². The number of pyridine rings is 1. The molecule has 10 heteroatoms. The third-order valence-corrected chi connectivity index (χ3v) is 6.39. The molecule has 0 radical (unpaired) electrons. The second-order valence-electron chi connectivity index (χ2n) is 8.19. The Balaban J connectivity index is 1.52. The van der Waals surface area contributed by atoms with Crippen LogP contribution in [0.5, 0.6) is 5.75 Å². The number of nitrogens with zero attached hydrogens (tertiary/aromatic N) is 7. The van der Waals surface area contributed by atoms with Gasteiger partial charge in [-0.3, -0.25) is 19.4 Å². The summed E-state index contributed by atoms with van der Waals surface area (Å²) < 4.78 is 10.00. The van der Waals surface area contributed by atoms with Crippen LogP contribution < -0.4 is 4.74 Å². The molecule has 5 heterocycles. The summed E-state index contributed by atoms with van der Waals surface area (Å²) in [6.45, 7) is 9.42. The van der Waals surface area contributed by atoms with Crippen LogP contribution in [0, 0.1) is 6.92 Å². The molecule has 4 aromatic heterocycles. The molecule has 0 saturated carbocycles. The van der Waals surface area contributed by atoms with E-state index in [-0.39, 0.29) is 12.0 Å². The number of fused-ring (bicyclic) bond motifs is 2. The molecule has 0 aromatic carbocycles. The standard InChI is InChI=1S/C24H24ClN7O2/c1-4-22(33)30-8-5-20-15(2)23(29-31(20)10-9-30)17-11-21(24-18(25)12-28-32(24)14-17)34-16(3)19-13-26-6-7-27-19/h4,6-7,11-14,16H,1,5,8-10H2,2-3H3. The van der Waals surface area contributed by atoms with Crippen molar-refractivity contribution in [3.8, 4) is 17.0 Å². The molecule has 9 nitrogen and oxygen atoms in total. The maximum Gasteiger partial charge on any atom is 0.246 e. The van der Waals surface area contributed by atoms with Crippen molar-refractivity contribution >= 4 is 23.0 Å². The number of hydrogen-bond donors (Lipinski definition) is 0. The predicted molar refractivity (Wildman–Crippen MR) is 128 cm³/mol. The summed E-state index contributed by atoms with van der Waals surface area (Å²) in [7, 11) is 0. The lowest BCUT2D eigenvalue weighted by Crippen LogP contribution is -2.32. The molecular formula is C24H24ClN7O2. The number of halogens is 1. The molecule has 174 valence electrons. The van der Waals surface area contributed by atoms with Gasteiger partial charge < -0.3 is 9.64 Å². The average Bonchev–Trinajstić information content (AvgIpc) is 3.29. The molecule has 0 N–H and O–H groups in total. The number of hydrogen-bond acceptors (Lipinski definition) is 6. The minimum Gasteiger partial charge on any atom is -0.482 e. The van der Waals surface area contributed by atoms with Crippen molar-refractivity contribution in [2.45, 2.75) is 32.9 Å². The highest BCUT2D eigenvalue weighted by Crippen LogP contribution is 2.35. The Morgan fingerprint density at radius 1 is 1.26 bits per heavy atom. The molecule has 34 heavy (non-hydrogen) atoms. The van der Waals surface area contributed by atoms with Gasteiger partial charge in [0.15, 0.2) is 0 Å². The highest BCUT2D eigenvalue weighted by molar-refractivity contribution is 6.34. The second-order valence-corrected chi connectivity index (χ2v) is 8.60. The van der Waals surface area contributed by atoms with Gasteiger partial charge in [-0.2, -0.15) is 10.2 Å². The van der Waals surface area contributed by atoms with E-state index in [4.69, 9.17) is 21.4 Å². The first-order valence-corrected chi connectivity index (χ1v) is 11.4. The predicted octanol–water partition coefficient (Wildman–Crippen LogP) is 3.66. The van der Waals surface area contributed by atoms with Crippen LogP contribution in [0.3, 0.4) is 0 Å². The zero-order valence-corrected chi connectivity index (χ0v) is 19.7. The smallest absolute Gasteiger partial charge is 0.246 e. The zero-order chi connectivity index (χ0) is 23.8. The molecule has 0 saturated heterocycles. The van der Waals surface area contributed by atoms with Gasteiger partial charge in [0.1, 0.15) is 17.4 Å². The van der Waals surface area contributed by atoms with Crippen molar-refractivity contribution in [1.82, 2.24) is 34.3 Å². The molecule has 0 spiro atoms. The van der Waals surface area contributed by atoms with Crippen LogP contribution in [0.15, 0.2) is 49.7 Å². The second kappa shape index (κ2) is 8.90. The summed E-state index contributed by atoms with van der Waals surface area (Å²) in [6, 6.07) is 1.94. The van der Waals surface area contributed by atoms with E-state index in [1.165, 1.54) is 6.08 Å². The highest BCUT2D eigenvalue weighted by Gasteiger charge is 2.24. The van der Waals surface area contributed by atoms with E-state index >= 15 is 0 Å². The Morgan fingerprint density at radius 2 is 2.12 bits per heavy atom. The quantitative estimate of drug-likeness (QED) is 0.407. The zero-order valence-electron chi connectivity index (χ0n) is 19.0. The van der Waals surface area contributed by atoms with E-state index in [1.807, 2.05) is 23.9 Å². The third kappa shape index (κ3) is 3.92. The molecule has 1 aliphatic rings. The average molecular weight is 478 g/mol. The lowest BCUT2D eigenvalue weighted by molar-refractivity contribution is -0.126. The molecule has 1 amide bonds. The van der Waals surface area contributed by atoms with Gasteiger partial charge in [0.05, 0.1) is 35.3 Å². The van der Waals surface area contributed by atoms with Crippen LogP contribution in [0.25, 0.3) is 16.8 Å². The van der Waals surface area contributed by atoms with Crippen LogP contribution in [-0.4, -0.2) is 53.3 Å². The fourth-order valence-electron chi connectivity index (χ4n) is 4.32. The minimum atomic E-state index is -0.341. The summed E-state index contributed by atoms with van der Waals surface area (Å²) in [5.74, 6) is 0.534. The third-order valence-electron chi connectivity index (χ3n) is 6.12. The van der Waals surface area contributed by atoms with Gasteiger partial charge in [-0.25, -0.2) is 4.52 Å². The van der Waals surface area contributed by atoms with E-state index in [1.54, 1.807) is 34.2 Å². The van der Waals surface area contributed by atoms with Gasteiger partial charge >= 0.3 is 0 Å². The summed E-state index contributed by atoms with van der Waals surface area (Å²) in [6.07, 6.45) is 10.2. The van der Waals surface area contributed by atoms with E-state index in [9.17, 15) is 4.79 Å². The number of rotatable bonds is 5. The first-order valence-electron chi connectivity index (χ1n) is 11.0. The molecule has 1 atom stereocenters. The SMILES string of the molecule is C=CC(=O)N1CCc2c(C)c(-c3cc(OC(C)c4cnccn4)c4c(Cl)cnn4c3)nn2CC1. The van der Waals surface area contributed by atoms with Crippen LogP contribution in [0.2, 0.25) is 5.02 Å². The van der Waals surface area contributed by atoms with Gasteiger partial charge in [0, 0.05) is 49.4 Å². The molecule has 1 unspecified atom stereocenters. The number of carbonyl (C=O) groups excluding carboxylic acids is 1. The van der Waals surface area contributed by atoms with E-state index in [0.29, 0.717) is 41.6 Å². The first kappa shape index (κ1) is 22.1. The Hall–Kier alpha value is -3.72. The normalized spacial score (nSPS) is 14.5. The van der Waals surface area contributed by atoms with Crippen LogP contribution in [-0.2, 0) is 17.8 Å². The molecule has 5 rings (SSSR count). The van der Waals surface area contributed by atoms with Crippen molar-refractivity contribution in [2.75, 3.05) is 13.1 Å². The molecule has 0 aliphatic carbocycles. The van der Waals surface area contributed by atoms with Crippen LogP contribution >= 0.6 is 11.6 Å². The van der Waals surface area contributed by atoms with Crippen LogP contribution in [0.1, 0.15) is 30.0 Å². The van der Waals surface area contributed by atoms with E-state index < -0.39 is 0 Å². The molecular weight excluding hydrogens is 454 g/mol. The largest absolute Gasteiger partial charge is 0.482 e. The summed E-state index contributed by atoms with van der Waals surface area (Å²) >= 11 is 6.44. The molecule has 4 aromatic rings. The highest BCUT2D eigenvalue weighted by atomic mass is 35.5. The van der Waals surface area contributed by atoms with Gasteiger partial charge in [-0.1, -0.05) is 18.2 Å². The van der Waals surface area contributed by atoms with Crippen molar-refractivity contribution in [1.29, 1.82) is 0 Å². The Bertz CT molecular complexity index is 1380. The fraction of sp³-hybridized carbons (Fsp3) is 0.292. The van der Waals surface area contributed by atoms with E-state index in [2.05, 4.69) is 28.6 Å². The minimum absolute atomic E-state index is 0.0522. The summed E-state index contributed by atoms with van der Waals surface area (Å²) in [5, 5.41) is 9.79. The van der Waals surface area contributed by atoms with Crippen molar-refractivity contribution in [3.05, 3.63) is 71.7 Å². The maximum atomic E-state index is 12.1. The monoisotopic (exact) mass is 477 g/mol.